The molecule has 0 spiro atoms. The fraction of sp³-hybridized carbons (Fsp3) is 0.167. The van der Waals surface area contributed by atoms with E-state index in [-0.39, 0.29) is 11.6 Å². The summed E-state index contributed by atoms with van der Waals surface area (Å²) in [4.78, 5) is 11.9. The van der Waals surface area contributed by atoms with E-state index in [0.29, 0.717) is 5.69 Å². The highest BCUT2D eigenvalue weighted by Crippen LogP contribution is 2.18. The number of amides is 1. The second-order valence-electron chi connectivity index (χ2n) is 3.97. The Labute approximate surface area is 99.0 Å². The summed E-state index contributed by atoms with van der Waals surface area (Å²) in [5, 5.41) is 9.09. The minimum atomic E-state index is -0.284. The molecule has 4 N–H and O–H groups in total. The first-order valence-corrected chi connectivity index (χ1v) is 5.25. The average Bonchev–Trinajstić information content (AvgIpc) is 2.70. The van der Waals surface area contributed by atoms with Gasteiger partial charge in [-0.25, -0.2) is 0 Å². The Morgan fingerprint density at radius 3 is 2.82 bits per heavy atom. The monoisotopic (exact) mass is 230 g/mol. The fourth-order valence-corrected chi connectivity index (χ4v) is 1.53. The van der Waals surface area contributed by atoms with E-state index in [0.717, 1.165) is 16.8 Å². The van der Waals surface area contributed by atoms with E-state index < -0.39 is 0 Å². The number of anilines is 2. The highest BCUT2D eigenvalue weighted by atomic mass is 16.2. The van der Waals surface area contributed by atoms with Gasteiger partial charge in [0, 0.05) is 5.69 Å². The Bertz CT molecular complexity index is 559. The summed E-state index contributed by atoms with van der Waals surface area (Å²) < 4.78 is 0. The number of nitrogens with zero attached hydrogens (tertiary/aromatic N) is 1. The predicted molar refractivity (Wildman–Crippen MR) is 66.9 cm³/mol. The number of aromatic amines is 1. The van der Waals surface area contributed by atoms with Crippen LogP contribution in [0.4, 0.5) is 11.4 Å². The summed E-state index contributed by atoms with van der Waals surface area (Å²) in [7, 11) is 0. The molecule has 5 heteroatoms. The molecule has 2 aromatic rings. The Balaban J connectivity index is 2.24. The van der Waals surface area contributed by atoms with Crippen LogP contribution in [0.15, 0.2) is 24.4 Å². The van der Waals surface area contributed by atoms with Crippen molar-refractivity contribution in [2.24, 2.45) is 0 Å². The van der Waals surface area contributed by atoms with Gasteiger partial charge >= 0.3 is 0 Å². The SMILES string of the molecule is Cc1ccc(C)c(NC(=O)c2[nH]ncc2N)c1. The minimum Gasteiger partial charge on any atom is -0.396 e. The van der Waals surface area contributed by atoms with Gasteiger partial charge in [-0.3, -0.25) is 9.89 Å². The molecule has 0 saturated carbocycles. The van der Waals surface area contributed by atoms with Gasteiger partial charge in [-0.05, 0) is 31.0 Å². The molecule has 1 amide bonds. The first-order valence-electron chi connectivity index (χ1n) is 5.25. The van der Waals surface area contributed by atoms with Gasteiger partial charge in [-0.15, -0.1) is 0 Å². The molecule has 0 aliphatic heterocycles. The van der Waals surface area contributed by atoms with Crippen molar-refractivity contribution < 1.29 is 4.79 Å². The number of nitrogens with two attached hydrogens (primary N) is 1. The Morgan fingerprint density at radius 2 is 2.18 bits per heavy atom. The van der Waals surface area contributed by atoms with Gasteiger partial charge in [0.1, 0.15) is 5.69 Å². The van der Waals surface area contributed by atoms with Crippen LogP contribution in [0.2, 0.25) is 0 Å². The van der Waals surface area contributed by atoms with Gasteiger partial charge < -0.3 is 11.1 Å². The third kappa shape index (κ3) is 2.28. The number of hydrogen-bond acceptors (Lipinski definition) is 3. The number of H-pyrrole nitrogens is 1. The molecule has 0 fully saturated rings. The fourth-order valence-electron chi connectivity index (χ4n) is 1.53. The molecule has 0 radical (unpaired) electrons. The Hall–Kier alpha value is -2.30. The molecule has 0 aliphatic rings. The van der Waals surface area contributed by atoms with Crippen molar-refractivity contribution >= 4 is 17.3 Å². The first kappa shape index (κ1) is 11.2. The number of nitrogens with one attached hydrogen (secondary N) is 2. The average molecular weight is 230 g/mol. The van der Waals surface area contributed by atoms with Crippen molar-refractivity contribution in [1.29, 1.82) is 0 Å². The van der Waals surface area contributed by atoms with Crippen molar-refractivity contribution in [2.75, 3.05) is 11.1 Å². The number of nitrogen functional groups attached to an aromatic ring is 1. The van der Waals surface area contributed by atoms with Crippen LogP contribution in [0.3, 0.4) is 0 Å². The molecule has 0 aliphatic carbocycles. The highest BCUT2D eigenvalue weighted by Gasteiger charge is 2.12. The molecule has 17 heavy (non-hydrogen) atoms. The lowest BCUT2D eigenvalue weighted by molar-refractivity contribution is 0.102. The molecule has 88 valence electrons. The van der Waals surface area contributed by atoms with Crippen molar-refractivity contribution in [1.82, 2.24) is 10.2 Å². The molecule has 1 heterocycles. The summed E-state index contributed by atoms with van der Waals surface area (Å²) in [5.41, 5.74) is 9.10. The molecular weight excluding hydrogens is 216 g/mol. The molecule has 0 atom stereocenters. The third-order valence-electron chi connectivity index (χ3n) is 2.54. The molecule has 0 unspecified atom stereocenters. The zero-order chi connectivity index (χ0) is 12.4. The van der Waals surface area contributed by atoms with E-state index in [1.165, 1.54) is 6.20 Å². The molecule has 1 aromatic heterocycles. The van der Waals surface area contributed by atoms with E-state index in [4.69, 9.17) is 5.73 Å². The molecular formula is C12H14N4O. The first-order chi connectivity index (χ1) is 8.08. The molecule has 0 saturated heterocycles. The number of aryl methyl sites for hydroxylation is 2. The lowest BCUT2D eigenvalue weighted by Gasteiger charge is -2.08. The second kappa shape index (κ2) is 4.29. The van der Waals surface area contributed by atoms with Crippen LogP contribution < -0.4 is 11.1 Å². The van der Waals surface area contributed by atoms with Gasteiger partial charge in [-0.1, -0.05) is 12.1 Å². The van der Waals surface area contributed by atoms with Crippen LogP contribution in [0.25, 0.3) is 0 Å². The van der Waals surface area contributed by atoms with Gasteiger partial charge in [0.2, 0.25) is 0 Å². The van der Waals surface area contributed by atoms with Crippen molar-refractivity contribution in [3.05, 3.63) is 41.2 Å². The number of carbonyl (C=O) groups is 1. The van der Waals surface area contributed by atoms with Gasteiger partial charge in [0.15, 0.2) is 0 Å². The maximum Gasteiger partial charge on any atom is 0.275 e. The normalized spacial score (nSPS) is 10.2. The number of carbonyl (C=O) groups excluding carboxylic acids is 1. The number of benzene rings is 1. The van der Waals surface area contributed by atoms with Crippen LogP contribution >= 0.6 is 0 Å². The smallest absolute Gasteiger partial charge is 0.275 e. The number of rotatable bonds is 2. The molecule has 1 aromatic carbocycles. The topological polar surface area (TPSA) is 83.8 Å². The summed E-state index contributed by atoms with van der Waals surface area (Å²) in [6.45, 7) is 3.91. The van der Waals surface area contributed by atoms with Crippen LogP contribution in [-0.2, 0) is 0 Å². The van der Waals surface area contributed by atoms with Crippen LogP contribution in [0, 0.1) is 13.8 Å². The molecule has 5 nitrogen and oxygen atoms in total. The summed E-state index contributed by atoms with van der Waals surface area (Å²) in [6.07, 6.45) is 1.41. The number of hydrogen-bond donors (Lipinski definition) is 3. The summed E-state index contributed by atoms with van der Waals surface area (Å²) in [6, 6.07) is 5.87. The lowest BCUT2D eigenvalue weighted by atomic mass is 10.1. The minimum absolute atomic E-state index is 0.283. The van der Waals surface area contributed by atoms with Crippen LogP contribution in [0.5, 0.6) is 0 Å². The molecule has 0 bridgehead atoms. The van der Waals surface area contributed by atoms with Crippen molar-refractivity contribution in [2.45, 2.75) is 13.8 Å². The molecule has 2 rings (SSSR count). The van der Waals surface area contributed by atoms with Gasteiger partial charge in [0.05, 0.1) is 11.9 Å². The van der Waals surface area contributed by atoms with E-state index >= 15 is 0 Å². The van der Waals surface area contributed by atoms with Crippen LogP contribution in [0.1, 0.15) is 21.6 Å². The lowest BCUT2D eigenvalue weighted by Crippen LogP contribution is -2.15. The van der Waals surface area contributed by atoms with Gasteiger partial charge in [0.25, 0.3) is 5.91 Å². The van der Waals surface area contributed by atoms with Crippen LogP contribution in [-0.4, -0.2) is 16.1 Å². The van der Waals surface area contributed by atoms with Gasteiger partial charge in [-0.2, -0.15) is 5.10 Å². The highest BCUT2D eigenvalue weighted by molar-refractivity contribution is 6.06. The second-order valence-corrected chi connectivity index (χ2v) is 3.97. The van der Waals surface area contributed by atoms with Crippen molar-refractivity contribution in [3.8, 4) is 0 Å². The summed E-state index contributed by atoms with van der Waals surface area (Å²) >= 11 is 0. The quantitative estimate of drug-likeness (QED) is 0.736. The zero-order valence-corrected chi connectivity index (χ0v) is 9.74. The standard InChI is InChI=1S/C12H14N4O/c1-7-3-4-8(2)10(5-7)15-12(17)11-9(13)6-14-16-11/h3-6H,13H2,1-2H3,(H,14,16)(H,15,17). The maximum atomic E-state index is 11.9. The zero-order valence-electron chi connectivity index (χ0n) is 9.74. The number of aromatic nitrogens is 2. The van der Waals surface area contributed by atoms with E-state index in [9.17, 15) is 4.79 Å². The van der Waals surface area contributed by atoms with E-state index in [1.54, 1.807) is 0 Å². The van der Waals surface area contributed by atoms with Crippen molar-refractivity contribution in [3.63, 3.8) is 0 Å². The largest absolute Gasteiger partial charge is 0.396 e. The summed E-state index contributed by atoms with van der Waals surface area (Å²) in [5.74, 6) is -0.284. The Morgan fingerprint density at radius 1 is 1.41 bits per heavy atom. The van der Waals surface area contributed by atoms with E-state index in [2.05, 4.69) is 15.5 Å². The van der Waals surface area contributed by atoms with E-state index in [1.807, 2.05) is 32.0 Å². The Kier molecular flexibility index (Phi) is 2.82. The maximum absolute atomic E-state index is 11.9. The third-order valence-corrected chi connectivity index (χ3v) is 2.54. The predicted octanol–water partition coefficient (Wildman–Crippen LogP) is 1.86.